The van der Waals surface area contributed by atoms with Gasteiger partial charge in [-0.1, -0.05) is 18.2 Å². The standard InChI is InChI=1S/C19H19NO3/c21-18(16-6-2-3-7-17(16)19(22)23)14-8-10-15(11-9-14)20-12-4-1-5-13-20/h2-3,6-11H,1,4-5,12-13H2,(H,22,23). The quantitative estimate of drug-likeness (QED) is 0.877. The number of ketones is 1. The van der Waals surface area contributed by atoms with Crippen molar-refractivity contribution in [2.75, 3.05) is 18.0 Å². The highest BCUT2D eigenvalue weighted by Crippen LogP contribution is 2.22. The molecule has 2 aromatic rings. The monoisotopic (exact) mass is 309 g/mol. The van der Waals surface area contributed by atoms with Gasteiger partial charge < -0.3 is 10.0 Å². The molecule has 0 aliphatic carbocycles. The Morgan fingerprint density at radius 2 is 1.43 bits per heavy atom. The van der Waals surface area contributed by atoms with E-state index in [9.17, 15) is 14.7 Å². The first-order chi connectivity index (χ1) is 11.2. The summed E-state index contributed by atoms with van der Waals surface area (Å²) < 4.78 is 0. The van der Waals surface area contributed by atoms with Gasteiger partial charge in [0.05, 0.1) is 5.56 Å². The number of carboxylic acid groups (broad SMARTS) is 1. The van der Waals surface area contributed by atoms with Crippen LogP contribution in [-0.2, 0) is 0 Å². The number of carbonyl (C=O) groups excluding carboxylic acids is 1. The zero-order valence-electron chi connectivity index (χ0n) is 12.9. The van der Waals surface area contributed by atoms with Gasteiger partial charge in [-0.15, -0.1) is 0 Å². The van der Waals surface area contributed by atoms with E-state index in [-0.39, 0.29) is 16.9 Å². The summed E-state index contributed by atoms with van der Waals surface area (Å²) in [7, 11) is 0. The Kier molecular flexibility index (Phi) is 4.42. The average Bonchev–Trinajstić information content (AvgIpc) is 2.62. The Bertz CT molecular complexity index is 716. The maximum absolute atomic E-state index is 12.6. The third kappa shape index (κ3) is 3.26. The molecule has 4 heteroatoms. The van der Waals surface area contributed by atoms with Crippen LogP contribution in [-0.4, -0.2) is 29.9 Å². The van der Waals surface area contributed by atoms with Gasteiger partial charge >= 0.3 is 5.97 Å². The molecule has 118 valence electrons. The number of benzene rings is 2. The Morgan fingerprint density at radius 3 is 2.04 bits per heavy atom. The van der Waals surface area contributed by atoms with Crippen molar-refractivity contribution in [3.05, 3.63) is 65.2 Å². The molecule has 1 aliphatic rings. The van der Waals surface area contributed by atoms with Crippen LogP contribution in [0, 0.1) is 0 Å². The molecule has 23 heavy (non-hydrogen) atoms. The second kappa shape index (κ2) is 6.65. The van der Waals surface area contributed by atoms with E-state index in [0.717, 1.165) is 18.8 Å². The van der Waals surface area contributed by atoms with Crippen LogP contribution in [0.2, 0.25) is 0 Å². The van der Waals surface area contributed by atoms with Crippen molar-refractivity contribution in [3.8, 4) is 0 Å². The molecule has 0 atom stereocenters. The van der Waals surface area contributed by atoms with Gasteiger partial charge in [-0.2, -0.15) is 0 Å². The highest BCUT2D eigenvalue weighted by atomic mass is 16.4. The molecular formula is C19H19NO3. The Balaban J connectivity index is 1.84. The van der Waals surface area contributed by atoms with Gasteiger partial charge in [0.25, 0.3) is 0 Å². The minimum atomic E-state index is -1.08. The molecule has 3 rings (SSSR count). The fraction of sp³-hybridized carbons (Fsp3) is 0.263. The summed E-state index contributed by atoms with van der Waals surface area (Å²) in [4.78, 5) is 26.2. The SMILES string of the molecule is O=C(O)c1ccccc1C(=O)c1ccc(N2CCCCC2)cc1. The molecule has 1 N–H and O–H groups in total. The van der Waals surface area contributed by atoms with E-state index in [4.69, 9.17) is 0 Å². The molecule has 0 spiro atoms. The van der Waals surface area contributed by atoms with Gasteiger partial charge in [-0.3, -0.25) is 4.79 Å². The van der Waals surface area contributed by atoms with Crippen LogP contribution >= 0.6 is 0 Å². The van der Waals surface area contributed by atoms with Crippen molar-refractivity contribution in [1.29, 1.82) is 0 Å². The number of carbonyl (C=O) groups is 2. The zero-order valence-corrected chi connectivity index (χ0v) is 12.9. The molecule has 1 saturated heterocycles. The van der Waals surface area contributed by atoms with Gasteiger partial charge in [-0.05, 0) is 49.6 Å². The summed E-state index contributed by atoms with van der Waals surface area (Å²) in [6.45, 7) is 2.10. The minimum absolute atomic E-state index is 0.0395. The van der Waals surface area contributed by atoms with Crippen LogP contribution < -0.4 is 4.90 Å². The van der Waals surface area contributed by atoms with Crippen LogP contribution in [0.15, 0.2) is 48.5 Å². The first kappa shape index (κ1) is 15.3. The lowest BCUT2D eigenvalue weighted by atomic mass is 9.98. The normalized spacial score (nSPS) is 14.5. The second-order valence-electron chi connectivity index (χ2n) is 5.77. The molecule has 0 bridgehead atoms. The number of nitrogens with zero attached hydrogens (tertiary/aromatic N) is 1. The predicted octanol–water partition coefficient (Wildman–Crippen LogP) is 3.61. The van der Waals surface area contributed by atoms with Crippen molar-refractivity contribution in [2.45, 2.75) is 19.3 Å². The molecule has 0 saturated carbocycles. The summed E-state index contributed by atoms with van der Waals surface area (Å²) in [6, 6.07) is 13.8. The van der Waals surface area contributed by atoms with Gasteiger partial charge in [-0.25, -0.2) is 4.79 Å². The summed E-state index contributed by atoms with van der Waals surface area (Å²) in [5.41, 5.74) is 1.90. The highest BCUT2D eigenvalue weighted by Gasteiger charge is 2.18. The first-order valence-electron chi connectivity index (χ1n) is 7.89. The Labute approximate surface area is 135 Å². The van der Waals surface area contributed by atoms with Gasteiger partial charge in [0, 0.05) is 29.9 Å². The van der Waals surface area contributed by atoms with Crippen molar-refractivity contribution < 1.29 is 14.7 Å². The van der Waals surface area contributed by atoms with E-state index in [1.807, 2.05) is 12.1 Å². The third-order valence-corrected chi connectivity index (χ3v) is 4.25. The maximum Gasteiger partial charge on any atom is 0.336 e. The van der Waals surface area contributed by atoms with E-state index in [1.54, 1.807) is 30.3 Å². The van der Waals surface area contributed by atoms with Crippen LogP contribution in [0.25, 0.3) is 0 Å². The summed E-state index contributed by atoms with van der Waals surface area (Å²) >= 11 is 0. The number of anilines is 1. The van der Waals surface area contributed by atoms with Crippen LogP contribution in [0.3, 0.4) is 0 Å². The predicted molar refractivity (Wildman–Crippen MR) is 89.3 cm³/mol. The molecule has 1 fully saturated rings. The molecule has 4 nitrogen and oxygen atoms in total. The van der Waals surface area contributed by atoms with Gasteiger partial charge in [0.1, 0.15) is 0 Å². The molecule has 2 aromatic carbocycles. The smallest absolute Gasteiger partial charge is 0.336 e. The zero-order chi connectivity index (χ0) is 16.2. The lowest BCUT2D eigenvalue weighted by Gasteiger charge is -2.28. The van der Waals surface area contributed by atoms with Crippen molar-refractivity contribution >= 4 is 17.4 Å². The minimum Gasteiger partial charge on any atom is -0.478 e. The van der Waals surface area contributed by atoms with E-state index in [2.05, 4.69) is 4.90 Å². The maximum atomic E-state index is 12.6. The molecular weight excluding hydrogens is 290 g/mol. The van der Waals surface area contributed by atoms with Gasteiger partial charge in [0.2, 0.25) is 0 Å². The van der Waals surface area contributed by atoms with Crippen molar-refractivity contribution in [1.82, 2.24) is 0 Å². The molecule has 0 radical (unpaired) electrons. The van der Waals surface area contributed by atoms with Crippen LogP contribution in [0.1, 0.15) is 45.5 Å². The second-order valence-corrected chi connectivity index (χ2v) is 5.77. The largest absolute Gasteiger partial charge is 0.478 e. The number of piperidine rings is 1. The third-order valence-electron chi connectivity index (χ3n) is 4.25. The van der Waals surface area contributed by atoms with E-state index in [0.29, 0.717) is 5.56 Å². The number of hydrogen-bond acceptors (Lipinski definition) is 3. The fourth-order valence-electron chi connectivity index (χ4n) is 3.00. The van der Waals surface area contributed by atoms with Gasteiger partial charge in [0.15, 0.2) is 5.78 Å². The highest BCUT2D eigenvalue weighted by molar-refractivity contribution is 6.14. The first-order valence-corrected chi connectivity index (χ1v) is 7.89. The van der Waals surface area contributed by atoms with Crippen molar-refractivity contribution in [2.24, 2.45) is 0 Å². The van der Waals surface area contributed by atoms with E-state index < -0.39 is 5.97 Å². The molecule has 1 heterocycles. The van der Waals surface area contributed by atoms with E-state index >= 15 is 0 Å². The summed E-state index contributed by atoms with van der Waals surface area (Å²) in [6.07, 6.45) is 3.68. The lowest BCUT2D eigenvalue weighted by molar-refractivity contribution is 0.0693. The molecule has 0 amide bonds. The molecule has 0 aromatic heterocycles. The number of aromatic carboxylic acids is 1. The lowest BCUT2D eigenvalue weighted by Crippen LogP contribution is -2.29. The number of carboxylic acids is 1. The average molecular weight is 309 g/mol. The topological polar surface area (TPSA) is 57.6 Å². The van der Waals surface area contributed by atoms with Crippen LogP contribution in [0.5, 0.6) is 0 Å². The molecule has 0 unspecified atom stereocenters. The number of rotatable bonds is 4. The summed E-state index contributed by atoms with van der Waals surface area (Å²) in [5, 5.41) is 9.22. The summed E-state index contributed by atoms with van der Waals surface area (Å²) in [5.74, 6) is -1.34. The fourth-order valence-corrected chi connectivity index (χ4v) is 3.00. The van der Waals surface area contributed by atoms with E-state index in [1.165, 1.54) is 25.3 Å². The Hall–Kier alpha value is -2.62. The van der Waals surface area contributed by atoms with Crippen molar-refractivity contribution in [3.63, 3.8) is 0 Å². The number of hydrogen-bond donors (Lipinski definition) is 1. The Morgan fingerprint density at radius 1 is 0.826 bits per heavy atom. The van der Waals surface area contributed by atoms with Crippen LogP contribution in [0.4, 0.5) is 5.69 Å². The molecule has 1 aliphatic heterocycles.